The van der Waals surface area contributed by atoms with E-state index >= 15 is 0 Å². The fraction of sp³-hybridized carbons (Fsp3) is 0.875. The van der Waals surface area contributed by atoms with Crippen LogP contribution in [0.4, 0.5) is 4.79 Å². The third kappa shape index (κ3) is 7.34. The molecule has 0 aliphatic rings. The summed E-state index contributed by atoms with van der Waals surface area (Å²) < 4.78 is 4.77. The van der Waals surface area contributed by atoms with Gasteiger partial charge in [0.2, 0.25) is 0 Å². The molecule has 0 aliphatic carbocycles. The van der Waals surface area contributed by atoms with Crippen LogP contribution in [0, 0.1) is 0 Å². The van der Waals surface area contributed by atoms with E-state index in [1.165, 1.54) is 0 Å². The van der Waals surface area contributed by atoms with Gasteiger partial charge >= 0.3 is 6.09 Å². The molecule has 1 amide bonds. The zero-order valence-corrected chi connectivity index (χ0v) is 8.23. The lowest BCUT2D eigenvalue weighted by molar-refractivity contribution is 0.136. The number of rotatable bonds is 3. The van der Waals surface area contributed by atoms with Crippen molar-refractivity contribution in [3.63, 3.8) is 0 Å². The van der Waals surface area contributed by atoms with Gasteiger partial charge in [-0.1, -0.05) is 6.92 Å². The Morgan fingerprint density at radius 3 is 2.42 bits per heavy atom. The predicted molar refractivity (Wildman–Crippen MR) is 47.7 cm³/mol. The van der Waals surface area contributed by atoms with Gasteiger partial charge in [0.15, 0.2) is 0 Å². The Morgan fingerprint density at radius 1 is 1.42 bits per heavy atom. The van der Waals surface area contributed by atoms with E-state index in [9.17, 15) is 4.79 Å². The van der Waals surface area contributed by atoms with Crippen molar-refractivity contribution in [2.75, 3.05) is 6.61 Å². The third-order valence-corrected chi connectivity index (χ3v) is 0.977. The highest BCUT2D eigenvalue weighted by Gasteiger charge is 2.10. The molecule has 4 nitrogen and oxygen atoms in total. The molecule has 0 rings (SSSR count). The van der Waals surface area contributed by atoms with Gasteiger partial charge in [0.1, 0.15) is 0 Å². The Hall–Kier alpha value is -0.770. The number of carbonyl (C=O) groups excluding carboxylic acids is 1. The molecule has 0 saturated carbocycles. The van der Waals surface area contributed by atoms with Crippen molar-refractivity contribution in [1.82, 2.24) is 10.9 Å². The highest BCUT2D eigenvalue weighted by atomic mass is 16.6. The maximum Gasteiger partial charge on any atom is 0.421 e. The summed E-state index contributed by atoms with van der Waals surface area (Å²) in [5.41, 5.74) is 5.12. The molecule has 0 radical (unpaired) electrons. The quantitative estimate of drug-likeness (QED) is 0.636. The monoisotopic (exact) mass is 174 g/mol. The molecule has 0 aromatic rings. The molecule has 0 unspecified atom stereocenters. The summed E-state index contributed by atoms with van der Waals surface area (Å²) in [5, 5.41) is 0. The van der Waals surface area contributed by atoms with Crippen LogP contribution in [-0.2, 0) is 4.74 Å². The smallest absolute Gasteiger partial charge is 0.421 e. The van der Waals surface area contributed by atoms with Gasteiger partial charge in [-0.05, 0) is 27.2 Å². The lowest BCUT2D eigenvalue weighted by atomic mass is 10.1. The molecule has 2 N–H and O–H groups in total. The summed E-state index contributed by atoms with van der Waals surface area (Å²) in [5.74, 6) is 0. The number of hydrogen-bond acceptors (Lipinski definition) is 3. The SMILES string of the molecule is CCCOC(=O)NNC(C)(C)C. The molecule has 0 spiro atoms. The minimum Gasteiger partial charge on any atom is -0.449 e. The van der Waals surface area contributed by atoms with Gasteiger partial charge in [-0.3, -0.25) is 5.43 Å². The zero-order valence-electron chi connectivity index (χ0n) is 8.23. The van der Waals surface area contributed by atoms with Gasteiger partial charge < -0.3 is 4.74 Å². The van der Waals surface area contributed by atoms with Gasteiger partial charge in [-0.15, -0.1) is 0 Å². The van der Waals surface area contributed by atoms with E-state index in [0.717, 1.165) is 6.42 Å². The summed E-state index contributed by atoms with van der Waals surface area (Å²) in [6.45, 7) is 8.26. The number of nitrogens with one attached hydrogen (secondary N) is 2. The van der Waals surface area contributed by atoms with Crippen molar-refractivity contribution in [3.8, 4) is 0 Å². The van der Waals surface area contributed by atoms with Crippen LogP contribution >= 0.6 is 0 Å². The van der Waals surface area contributed by atoms with E-state index in [-0.39, 0.29) is 5.54 Å². The summed E-state index contributed by atoms with van der Waals surface area (Å²) in [6.07, 6.45) is 0.412. The second kappa shape index (κ2) is 4.98. The van der Waals surface area contributed by atoms with Gasteiger partial charge in [0.05, 0.1) is 6.61 Å². The van der Waals surface area contributed by atoms with Crippen LogP contribution in [0.5, 0.6) is 0 Å². The maximum absolute atomic E-state index is 10.9. The van der Waals surface area contributed by atoms with E-state index < -0.39 is 6.09 Å². The van der Waals surface area contributed by atoms with Crippen LogP contribution in [0.3, 0.4) is 0 Å². The third-order valence-electron chi connectivity index (χ3n) is 0.977. The van der Waals surface area contributed by atoms with Gasteiger partial charge in [0.25, 0.3) is 0 Å². The Kier molecular flexibility index (Phi) is 4.66. The molecule has 0 bridgehead atoms. The minimum atomic E-state index is -0.424. The number of hydrogen-bond donors (Lipinski definition) is 2. The highest BCUT2D eigenvalue weighted by molar-refractivity contribution is 5.66. The average Bonchev–Trinajstić information content (AvgIpc) is 1.95. The number of ether oxygens (including phenoxy) is 1. The molecule has 4 heteroatoms. The lowest BCUT2D eigenvalue weighted by Gasteiger charge is -2.20. The van der Waals surface area contributed by atoms with E-state index in [0.29, 0.717) is 6.61 Å². The topological polar surface area (TPSA) is 50.4 Å². The molecular formula is C8H18N2O2. The zero-order chi connectivity index (χ0) is 9.61. The molecule has 0 aromatic carbocycles. The van der Waals surface area contributed by atoms with Gasteiger partial charge in [-0.2, -0.15) is 0 Å². The first kappa shape index (κ1) is 11.2. The van der Waals surface area contributed by atoms with Crippen molar-refractivity contribution >= 4 is 6.09 Å². The number of hydrazine groups is 1. The molecule has 12 heavy (non-hydrogen) atoms. The van der Waals surface area contributed by atoms with E-state index in [4.69, 9.17) is 4.74 Å². The first-order valence-corrected chi connectivity index (χ1v) is 4.15. The van der Waals surface area contributed by atoms with Crippen LogP contribution in [0.25, 0.3) is 0 Å². The Bertz CT molecular complexity index is 140. The largest absolute Gasteiger partial charge is 0.449 e. The van der Waals surface area contributed by atoms with Crippen LogP contribution in [0.1, 0.15) is 34.1 Å². The molecule has 0 aliphatic heterocycles. The van der Waals surface area contributed by atoms with Crippen LogP contribution in [0.15, 0.2) is 0 Å². The summed E-state index contributed by atoms with van der Waals surface area (Å²) in [7, 11) is 0. The Balaban J connectivity index is 3.44. The van der Waals surface area contributed by atoms with Crippen LogP contribution in [0.2, 0.25) is 0 Å². The normalized spacial score (nSPS) is 11.0. The lowest BCUT2D eigenvalue weighted by Crippen LogP contribution is -2.48. The molecule has 0 atom stereocenters. The van der Waals surface area contributed by atoms with Crippen molar-refractivity contribution in [3.05, 3.63) is 0 Å². The minimum absolute atomic E-state index is 0.134. The van der Waals surface area contributed by atoms with Gasteiger partial charge in [-0.25, -0.2) is 10.2 Å². The highest BCUT2D eigenvalue weighted by Crippen LogP contribution is 1.95. The summed E-state index contributed by atoms with van der Waals surface area (Å²) >= 11 is 0. The second-order valence-corrected chi connectivity index (χ2v) is 3.64. The Morgan fingerprint density at radius 2 is 2.00 bits per heavy atom. The molecule has 72 valence electrons. The Labute approximate surface area is 73.6 Å². The van der Waals surface area contributed by atoms with Crippen molar-refractivity contribution < 1.29 is 9.53 Å². The first-order valence-electron chi connectivity index (χ1n) is 4.15. The first-order chi connectivity index (χ1) is 5.45. The fourth-order valence-electron chi connectivity index (χ4n) is 0.469. The average molecular weight is 174 g/mol. The molecule has 0 aromatic heterocycles. The number of carbonyl (C=O) groups is 1. The van der Waals surface area contributed by atoms with Crippen molar-refractivity contribution in [2.24, 2.45) is 0 Å². The standard InChI is InChI=1S/C8H18N2O2/c1-5-6-12-7(11)9-10-8(2,3)4/h10H,5-6H2,1-4H3,(H,9,11). The summed E-state index contributed by atoms with van der Waals surface area (Å²) in [4.78, 5) is 10.9. The predicted octanol–water partition coefficient (Wildman–Crippen LogP) is 1.43. The molecule has 0 heterocycles. The van der Waals surface area contributed by atoms with E-state index in [2.05, 4.69) is 10.9 Å². The molecule has 0 saturated heterocycles. The van der Waals surface area contributed by atoms with Gasteiger partial charge in [0, 0.05) is 5.54 Å². The van der Waals surface area contributed by atoms with Crippen LogP contribution in [-0.4, -0.2) is 18.2 Å². The molecular weight excluding hydrogens is 156 g/mol. The molecule has 0 fully saturated rings. The van der Waals surface area contributed by atoms with Crippen molar-refractivity contribution in [2.45, 2.75) is 39.7 Å². The second-order valence-electron chi connectivity index (χ2n) is 3.64. The fourth-order valence-corrected chi connectivity index (χ4v) is 0.469. The van der Waals surface area contributed by atoms with E-state index in [1.807, 2.05) is 27.7 Å². The summed E-state index contributed by atoms with van der Waals surface area (Å²) in [6, 6.07) is 0. The van der Waals surface area contributed by atoms with E-state index in [1.54, 1.807) is 0 Å². The van der Waals surface area contributed by atoms with Crippen LogP contribution < -0.4 is 10.9 Å². The number of amides is 1. The maximum atomic E-state index is 10.9. The van der Waals surface area contributed by atoms with Crippen molar-refractivity contribution in [1.29, 1.82) is 0 Å².